The van der Waals surface area contributed by atoms with Gasteiger partial charge in [-0.1, -0.05) is 0 Å². The van der Waals surface area contributed by atoms with Crippen LogP contribution < -0.4 is 20.9 Å². The quantitative estimate of drug-likeness (QED) is 0.220. The van der Waals surface area contributed by atoms with E-state index >= 15 is 0 Å². The number of nitrogens with two attached hydrogens (primary N) is 1. The highest BCUT2D eigenvalue weighted by Gasteiger charge is 2.53. The zero-order chi connectivity index (χ0) is 27.9. The van der Waals surface area contributed by atoms with Gasteiger partial charge in [-0.05, 0) is 45.0 Å². The molecule has 0 radical (unpaired) electrons. The topological polar surface area (TPSA) is 193 Å². The van der Waals surface area contributed by atoms with Gasteiger partial charge in [-0.25, -0.2) is 13.9 Å². The molecule has 1 fully saturated rings. The summed E-state index contributed by atoms with van der Waals surface area (Å²) in [5.41, 5.74) is 2.62. The van der Waals surface area contributed by atoms with Crippen molar-refractivity contribution < 1.29 is 37.4 Å². The zero-order valence-electron chi connectivity index (χ0n) is 21.0. The fourth-order valence-electron chi connectivity index (χ4n) is 4.14. The van der Waals surface area contributed by atoms with Gasteiger partial charge >= 0.3 is 13.7 Å². The molecule has 1 aromatic carbocycles. The minimum absolute atomic E-state index is 0.000879. The normalized spacial score (nSPS) is 25.7. The molecule has 38 heavy (non-hydrogen) atoms. The number of aromatic nitrogens is 4. The van der Waals surface area contributed by atoms with Crippen LogP contribution in [0.15, 0.2) is 35.4 Å². The van der Waals surface area contributed by atoms with Crippen molar-refractivity contribution in [3.05, 3.63) is 46.8 Å². The molecular formula is C22H28FN6O8P. The minimum Gasteiger partial charge on any atom is -0.468 e. The largest absolute Gasteiger partial charge is 0.468 e. The third kappa shape index (κ3) is 5.42. The SMILES string of the molecule is COC(=O)[C@H](C)NP(=O)(OCC1(C)OC(C)(n2cnc3c(=O)[nH]c(N)nc32)CC1O)Oc1ccc(F)cc1. The molecule has 16 heteroatoms. The number of ether oxygens (including phenoxy) is 2. The molecule has 2 aromatic heterocycles. The third-order valence-corrected chi connectivity index (χ3v) is 7.76. The first kappa shape index (κ1) is 27.7. The molecule has 14 nitrogen and oxygen atoms in total. The fourth-order valence-corrected chi connectivity index (χ4v) is 5.72. The number of methoxy groups -OCH3 is 1. The van der Waals surface area contributed by atoms with Gasteiger partial charge in [0.25, 0.3) is 5.56 Å². The number of halogens is 1. The maximum Gasteiger partial charge on any atom is 0.459 e. The second-order valence-electron chi connectivity index (χ2n) is 9.24. The van der Waals surface area contributed by atoms with Gasteiger partial charge in [-0.15, -0.1) is 0 Å². The van der Waals surface area contributed by atoms with E-state index in [1.165, 1.54) is 36.9 Å². The average Bonchev–Trinajstić information content (AvgIpc) is 3.38. The average molecular weight is 554 g/mol. The zero-order valence-corrected chi connectivity index (χ0v) is 21.9. The van der Waals surface area contributed by atoms with Gasteiger partial charge in [-0.3, -0.25) is 23.7 Å². The van der Waals surface area contributed by atoms with Crippen molar-refractivity contribution in [2.24, 2.45) is 0 Å². The van der Waals surface area contributed by atoms with Gasteiger partial charge in [0.2, 0.25) is 5.95 Å². The number of aliphatic hydroxyl groups excluding tert-OH is 1. The van der Waals surface area contributed by atoms with E-state index in [9.17, 15) is 23.7 Å². The number of anilines is 1. The van der Waals surface area contributed by atoms with Gasteiger partial charge in [0.1, 0.15) is 28.9 Å². The summed E-state index contributed by atoms with van der Waals surface area (Å²) in [6, 6.07) is 3.56. The van der Waals surface area contributed by atoms with Crippen molar-refractivity contribution in [2.75, 3.05) is 19.5 Å². The fraction of sp³-hybridized carbons (Fsp3) is 0.455. The van der Waals surface area contributed by atoms with Gasteiger partial charge in [-0.2, -0.15) is 10.1 Å². The number of nitrogens with one attached hydrogen (secondary N) is 2. The summed E-state index contributed by atoms with van der Waals surface area (Å²) in [6.45, 7) is 4.10. The number of carbonyl (C=O) groups excluding carboxylic acids is 1. The van der Waals surface area contributed by atoms with E-state index in [-0.39, 0.29) is 29.3 Å². The number of fused-ring (bicyclic) bond motifs is 1. The van der Waals surface area contributed by atoms with Crippen LogP contribution in [0.3, 0.4) is 0 Å². The van der Waals surface area contributed by atoms with Crippen LogP contribution in [0.4, 0.5) is 10.3 Å². The summed E-state index contributed by atoms with van der Waals surface area (Å²) in [4.78, 5) is 34.7. The molecule has 1 aliphatic rings. The first-order valence-corrected chi connectivity index (χ1v) is 13.0. The second kappa shape index (κ2) is 10.1. The van der Waals surface area contributed by atoms with Crippen molar-refractivity contribution in [3.63, 3.8) is 0 Å². The molecule has 0 amide bonds. The van der Waals surface area contributed by atoms with E-state index in [0.717, 1.165) is 19.2 Å². The van der Waals surface area contributed by atoms with E-state index in [4.69, 9.17) is 19.5 Å². The van der Waals surface area contributed by atoms with E-state index < -0.39 is 55.2 Å². The predicted octanol–water partition coefficient (Wildman–Crippen LogP) is 1.41. The number of H-pyrrole nitrogens is 1. The number of rotatable bonds is 9. The molecule has 1 saturated heterocycles. The van der Waals surface area contributed by atoms with Gasteiger partial charge in [0.05, 0.1) is 26.1 Å². The molecule has 4 rings (SSSR count). The number of benzene rings is 1. The number of imidazole rings is 1. The van der Waals surface area contributed by atoms with Gasteiger partial charge in [0.15, 0.2) is 11.2 Å². The molecule has 1 aliphatic heterocycles. The van der Waals surface area contributed by atoms with E-state index in [2.05, 4.69) is 24.8 Å². The molecule has 0 spiro atoms. The van der Waals surface area contributed by atoms with E-state index in [1.807, 2.05) is 0 Å². The third-order valence-electron chi connectivity index (χ3n) is 6.13. The van der Waals surface area contributed by atoms with Crippen molar-refractivity contribution in [2.45, 2.75) is 50.7 Å². The molecule has 206 valence electrons. The number of carbonyl (C=O) groups is 1. The molecule has 3 heterocycles. The molecule has 5 atom stereocenters. The maximum atomic E-state index is 13.7. The van der Waals surface area contributed by atoms with Crippen LogP contribution >= 0.6 is 7.75 Å². The Morgan fingerprint density at radius 1 is 1.42 bits per heavy atom. The highest BCUT2D eigenvalue weighted by molar-refractivity contribution is 7.52. The van der Waals surface area contributed by atoms with Crippen LogP contribution in [0.1, 0.15) is 27.2 Å². The highest BCUT2D eigenvalue weighted by Crippen LogP contribution is 2.49. The molecule has 0 aliphatic carbocycles. The lowest BCUT2D eigenvalue weighted by Gasteiger charge is -2.33. The van der Waals surface area contributed by atoms with Crippen LogP contribution in [0.5, 0.6) is 5.75 Å². The Hall–Kier alpha value is -3.36. The van der Waals surface area contributed by atoms with Crippen molar-refractivity contribution in [1.29, 1.82) is 0 Å². The summed E-state index contributed by atoms with van der Waals surface area (Å²) < 4.78 is 50.5. The first-order valence-electron chi connectivity index (χ1n) is 11.4. The standard InChI is InChI=1S/C22H28FN6O8P/c1-12(19(32)34-4)28-38(33,36-14-7-5-13(23)6-8-14)35-10-21(2)15(30)9-22(3,37-21)29-11-25-16-17(29)26-20(24)27-18(16)31/h5-8,11-12,15,30H,9-10H2,1-4H3,(H,28,33)(H3,24,26,27,31)/t12-,15?,21?,22?,38?/m0/s1. The lowest BCUT2D eigenvalue weighted by Crippen LogP contribution is -2.43. The Kier molecular flexibility index (Phi) is 7.34. The van der Waals surface area contributed by atoms with Crippen LogP contribution in [0, 0.1) is 5.82 Å². The number of nitrogen functional groups attached to an aromatic ring is 1. The lowest BCUT2D eigenvalue weighted by molar-refractivity contribution is -0.157. The minimum atomic E-state index is -4.31. The maximum absolute atomic E-state index is 13.7. The highest BCUT2D eigenvalue weighted by atomic mass is 31.2. The Labute approximate surface area is 215 Å². The summed E-state index contributed by atoms with van der Waals surface area (Å²) in [7, 11) is -3.15. The van der Waals surface area contributed by atoms with Crippen LogP contribution in [-0.2, 0) is 29.1 Å². The molecule has 4 unspecified atom stereocenters. The van der Waals surface area contributed by atoms with Crippen molar-refractivity contribution in [1.82, 2.24) is 24.6 Å². The Balaban J connectivity index is 1.59. The van der Waals surface area contributed by atoms with Gasteiger partial charge in [0, 0.05) is 6.42 Å². The second-order valence-corrected chi connectivity index (χ2v) is 10.9. The smallest absolute Gasteiger partial charge is 0.459 e. The van der Waals surface area contributed by atoms with Crippen LogP contribution in [0.2, 0.25) is 0 Å². The predicted molar refractivity (Wildman–Crippen MR) is 132 cm³/mol. The van der Waals surface area contributed by atoms with E-state index in [0.29, 0.717) is 0 Å². The summed E-state index contributed by atoms with van der Waals surface area (Å²) in [5, 5.41) is 13.4. The number of nitrogens with zero attached hydrogens (tertiary/aromatic N) is 3. The number of hydrogen-bond acceptors (Lipinski definition) is 11. The Morgan fingerprint density at radius 3 is 2.76 bits per heavy atom. The molecule has 0 saturated carbocycles. The number of aliphatic hydroxyl groups is 1. The summed E-state index contributed by atoms with van der Waals surface area (Å²) >= 11 is 0. The van der Waals surface area contributed by atoms with Gasteiger partial charge < -0.3 is 24.8 Å². The van der Waals surface area contributed by atoms with Crippen LogP contribution in [-0.4, -0.2) is 62.1 Å². The lowest BCUT2D eigenvalue weighted by atomic mass is 9.99. The monoisotopic (exact) mass is 554 g/mol. The molecular weight excluding hydrogens is 526 g/mol. The van der Waals surface area contributed by atoms with Crippen LogP contribution in [0.25, 0.3) is 11.2 Å². The number of esters is 1. The number of aromatic amines is 1. The Morgan fingerprint density at radius 2 is 2.11 bits per heavy atom. The Bertz CT molecular complexity index is 1450. The number of hydrogen-bond donors (Lipinski definition) is 4. The molecule has 3 aromatic rings. The molecule has 0 bridgehead atoms. The summed E-state index contributed by atoms with van der Waals surface area (Å²) in [5.74, 6) is -1.40. The van der Waals surface area contributed by atoms with E-state index in [1.54, 1.807) is 6.92 Å². The molecule has 5 N–H and O–H groups in total. The first-order chi connectivity index (χ1) is 17.8. The van der Waals surface area contributed by atoms with Crippen molar-refractivity contribution in [3.8, 4) is 5.75 Å². The summed E-state index contributed by atoms with van der Waals surface area (Å²) in [6.07, 6.45) is 0.205. The van der Waals surface area contributed by atoms with Crippen molar-refractivity contribution >= 4 is 30.8 Å².